The molecule has 0 unspecified atom stereocenters. The number of hydrogen-bond acceptors (Lipinski definition) is 3. The van der Waals surface area contributed by atoms with Crippen LogP contribution in [-0.2, 0) is 9.59 Å². The van der Waals surface area contributed by atoms with Crippen LogP contribution in [0.25, 0.3) is 0 Å². The summed E-state index contributed by atoms with van der Waals surface area (Å²) >= 11 is 0. The lowest BCUT2D eigenvalue weighted by molar-refractivity contribution is -0.132. The van der Waals surface area contributed by atoms with Crippen molar-refractivity contribution in [2.24, 2.45) is 5.73 Å². The monoisotopic (exact) mass is 159 g/mol. The second-order valence-electron chi connectivity index (χ2n) is 1.24. The van der Waals surface area contributed by atoms with E-state index in [4.69, 9.17) is 10.2 Å². The van der Waals surface area contributed by atoms with Crippen molar-refractivity contribution in [2.45, 2.75) is 0 Å². The van der Waals surface area contributed by atoms with Crippen LogP contribution in [-0.4, -0.2) is 22.2 Å². The molecule has 0 aromatic rings. The highest BCUT2D eigenvalue weighted by molar-refractivity contribution is 5.79. The van der Waals surface area contributed by atoms with Crippen molar-refractivity contribution in [3.05, 3.63) is 24.9 Å². The van der Waals surface area contributed by atoms with E-state index in [-0.39, 0.29) is 0 Å². The molecular weight excluding hydrogens is 150 g/mol. The van der Waals surface area contributed by atoms with E-state index in [9.17, 15) is 9.59 Å². The first-order chi connectivity index (χ1) is 5.04. The van der Waals surface area contributed by atoms with Crippen LogP contribution in [0.3, 0.4) is 0 Å². The molecule has 5 nitrogen and oxygen atoms in total. The van der Waals surface area contributed by atoms with Crippen LogP contribution in [0.2, 0.25) is 0 Å². The topological polar surface area (TPSA) is 101 Å². The van der Waals surface area contributed by atoms with Crippen molar-refractivity contribution in [1.29, 1.82) is 0 Å². The van der Waals surface area contributed by atoms with Gasteiger partial charge in [0, 0.05) is 18.4 Å². The standard InChI is InChI=1S/C3H5NO2.C3H4O2/c4-2-1-3(5)6;1-2-3(4)5/h1-2H,4H2,(H,5,6);2H,1H2,(H,4,5). The lowest BCUT2D eigenvalue weighted by atomic mass is 10.6. The van der Waals surface area contributed by atoms with Crippen LogP contribution in [0.1, 0.15) is 0 Å². The fraction of sp³-hybridized carbons (Fsp3) is 0. The third-order valence-corrected chi connectivity index (χ3v) is 0.413. The highest BCUT2D eigenvalue weighted by atomic mass is 16.4. The van der Waals surface area contributed by atoms with E-state index in [0.29, 0.717) is 0 Å². The minimum Gasteiger partial charge on any atom is -0.478 e. The molecule has 4 N–H and O–H groups in total. The molecule has 0 aromatic carbocycles. The molecule has 0 amide bonds. The molecule has 0 rings (SSSR count). The first-order valence-corrected chi connectivity index (χ1v) is 2.51. The number of carboxylic acid groups (broad SMARTS) is 2. The minimum absolute atomic E-state index is 0.833. The molecule has 0 heterocycles. The number of rotatable bonds is 2. The lowest BCUT2D eigenvalue weighted by Gasteiger charge is -1.69. The molecule has 5 heteroatoms. The molecule has 0 saturated heterocycles. The second kappa shape index (κ2) is 8.22. The third-order valence-electron chi connectivity index (χ3n) is 0.413. The summed E-state index contributed by atoms with van der Waals surface area (Å²) in [5, 5.41) is 15.4. The molecule has 62 valence electrons. The molecule has 0 saturated carbocycles. The summed E-state index contributed by atoms with van der Waals surface area (Å²) < 4.78 is 0. The summed E-state index contributed by atoms with van der Waals surface area (Å²) in [6.45, 7) is 2.96. The summed E-state index contributed by atoms with van der Waals surface area (Å²) in [6.07, 6.45) is 2.67. The average Bonchev–Trinajstić information content (AvgIpc) is 1.89. The molecule has 0 spiro atoms. The van der Waals surface area contributed by atoms with E-state index in [2.05, 4.69) is 12.3 Å². The Morgan fingerprint density at radius 3 is 1.64 bits per heavy atom. The lowest BCUT2D eigenvalue weighted by Crippen LogP contribution is -1.88. The van der Waals surface area contributed by atoms with Gasteiger partial charge >= 0.3 is 11.9 Å². The van der Waals surface area contributed by atoms with Crippen LogP contribution in [0.5, 0.6) is 0 Å². The third kappa shape index (κ3) is 30.7. The smallest absolute Gasteiger partial charge is 0.329 e. The van der Waals surface area contributed by atoms with Crippen LogP contribution in [0.4, 0.5) is 0 Å². The number of nitrogens with two attached hydrogens (primary N) is 1. The van der Waals surface area contributed by atoms with Gasteiger partial charge in [-0.3, -0.25) is 0 Å². The highest BCUT2D eigenvalue weighted by Gasteiger charge is 1.77. The van der Waals surface area contributed by atoms with Crippen LogP contribution in [0.15, 0.2) is 24.9 Å². The fourth-order valence-electron chi connectivity index (χ4n) is 0.0823. The van der Waals surface area contributed by atoms with Gasteiger partial charge in [0.15, 0.2) is 0 Å². The Balaban J connectivity index is 0. The van der Waals surface area contributed by atoms with Crippen LogP contribution in [0, 0.1) is 0 Å². The van der Waals surface area contributed by atoms with Gasteiger partial charge in [-0.25, -0.2) is 9.59 Å². The quantitative estimate of drug-likeness (QED) is 0.484. The molecular formula is C6H9NO4. The van der Waals surface area contributed by atoms with Crippen molar-refractivity contribution in [3.63, 3.8) is 0 Å². The first kappa shape index (κ1) is 12.0. The molecule has 0 aromatic heterocycles. The predicted molar refractivity (Wildman–Crippen MR) is 38.8 cm³/mol. The van der Waals surface area contributed by atoms with E-state index in [0.717, 1.165) is 18.4 Å². The molecule has 0 radical (unpaired) electrons. The van der Waals surface area contributed by atoms with Crippen molar-refractivity contribution in [2.75, 3.05) is 0 Å². The van der Waals surface area contributed by atoms with E-state index in [1.54, 1.807) is 0 Å². The maximum Gasteiger partial charge on any atom is 0.329 e. The van der Waals surface area contributed by atoms with E-state index in [1.807, 2.05) is 0 Å². The molecule has 0 bridgehead atoms. The summed E-state index contributed by atoms with van der Waals surface area (Å²) in [5.74, 6) is -2.00. The molecule has 0 aliphatic carbocycles. The molecule has 0 atom stereocenters. The van der Waals surface area contributed by atoms with E-state index < -0.39 is 11.9 Å². The van der Waals surface area contributed by atoms with Gasteiger partial charge in [-0.05, 0) is 0 Å². The van der Waals surface area contributed by atoms with Crippen molar-refractivity contribution in [3.8, 4) is 0 Å². The molecule has 0 aliphatic heterocycles. The summed E-state index contributed by atoms with van der Waals surface area (Å²) in [6, 6.07) is 0. The number of carbonyl (C=O) groups is 2. The van der Waals surface area contributed by atoms with E-state index >= 15 is 0 Å². The predicted octanol–water partition coefficient (Wildman–Crippen LogP) is -0.200. The van der Waals surface area contributed by atoms with Crippen LogP contribution >= 0.6 is 0 Å². The molecule has 0 fully saturated rings. The van der Waals surface area contributed by atoms with Gasteiger partial charge in [0.2, 0.25) is 0 Å². The maximum absolute atomic E-state index is 9.43. The fourth-order valence-corrected chi connectivity index (χ4v) is 0.0823. The summed E-state index contributed by atoms with van der Waals surface area (Å²) in [7, 11) is 0. The van der Waals surface area contributed by atoms with Gasteiger partial charge in [0.05, 0.1) is 0 Å². The Kier molecular flexibility index (Phi) is 8.93. The zero-order chi connectivity index (χ0) is 9.28. The molecule has 11 heavy (non-hydrogen) atoms. The largest absolute Gasteiger partial charge is 0.478 e. The van der Waals surface area contributed by atoms with Crippen LogP contribution < -0.4 is 5.73 Å². The van der Waals surface area contributed by atoms with E-state index in [1.165, 1.54) is 0 Å². The minimum atomic E-state index is -1.02. The normalized spacial score (nSPS) is 8.00. The second-order valence-corrected chi connectivity index (χ2v) is 1.24. The first-order valence-electron chi connectivity index (χ1n) is 2.51. The van der Waals surface area contributed by atoms with Crippen molar-refractivity contribution < 1.29 is 19.8 Å². The average molecular weight is 159 g/mol. The highest BCUT2D eigenvalue weighted by Crippen LogP contribution is 1.59. The Morgan fingerprint density at radius 2 is 1.64 bits per heavy atom. The van der Waals surface area contributed by atoms with Gasteiger partial charge in [-0.15, -0.1) is 0 Å². The zero-order valence-corrected chi connectivity index (χ0v) is 5.73. The summed E-state index contributed by atoms with van der Waals surface area (Å²) in [5.41, 5.74) is 4.67. The summed E-state index contributed by atoms with van der Waals surface area (Å²) in [4.78, 5) is 18.7. The molecule has 0 aliphatic rings. The van der Waals surface area contributed by atoms with Gasteiger partial charge < -0.3 is 15.9 Å². The van der Waals surface area contributed by atoms with Gasteiger partial charge in [0.1, 0.15) is 0 Å². The zero-order valence-electron chi connectivity index (χ0n) is 5.73. The number of aliphatic carboxylic acids is 2. The number of carboxylic acids is 2. The SMILES string of the molecule is C=CC(=O)O.NC=CC(=O)O. The Bertz CT molecular complexity index is 173. The van der Waals surface area contributed by atoms with Gasteiger partial charge in [-0.2, -0.15) is 0 Å². The van der Waals surface area contributed by atoms with Gasteiger partial charge in [0.25, 0.3) is 0 Å². The Labute approximate surface area is 63.4 Å². The van der Waals surface area contributed by atoms with Crippen molar-refractivity contribution >= 4 is 11.9 Å². The Morgan fingerprint density at radius 1 is 1.27 bits per heavy atom. The Hall–Kier alpha value is -1.78. The number of hydrogen-bond donors (Lipinski definition) is 3. The van der Waals surface area contributed by atoms with Crippen molar-refractivity contribution in [1.82, 2.24) is 0 Å². The maximum atomic E-state index is 9.43. The van der Waals surface area contributed by atoms with Gasteiger partial charge in [-0.1, -0.05) is 6.58 Å².